The summed E-state index contributed by atoms with van der Waals surface area (Å²) in [5.41, 5.74) is 1.48. The first-order valence-corrected chi connectivity index (χ1v) is 9.07. The number of amides is 2. The Labute approximate surface area is 163 Å². The van der Waals surface area contributed by atoms with Crippen molar-refractivity contribution < 1.29 is 23.1 Å². The van der Waals surface area contributed by atoms with Crippen LogP contribution in [0.5, 0.6) is 5.75 Å². The van der Waals surface area contributed by atoms with E-state index >= 15 is 0 Å². The van der Waals surface area contributed by atoms with Crippen molar-refractivity contribution in [1.29, 1.82) is 0 Å². The Morgan fingerprint density at radius 1 is 1.04 bits per heavy atom. The summed E-state index contributed by atoms with van der Waals surface area (Å²) in [6.45, 7) is 2.48. The molecule has 2 amide bonds. The molecule has 150 valence electrons. The maximum atomic E-state index is 12.6. The number of carbonyl (C=O) groups is 2. The molecule has 0 aliphatic heterocycles. The van der Waals surface area contributed by atoms with Crippen LogP contribution in [-0.4, -0.2) is 18.4 Å². The lowest BCUT2D eigenvalue weighted by molar-refractivity contribution is -0.118. The molecule has 1 atom stereocenters. The van der Waals surface area contributed by atoms with Crippen LogP contribution in [0.25, 0.3) is 0 Å². The van der Waals surface area contributed by atoms with Crippen molar-refractivity contribution in [2.24, 2.45) is 5.92 Å². The second kappa shape index (κ2) is 9.82. The largest absolute Gasteiger partial charge is 0.434 e. The highest BCUT2D eigenvalue weighted by Crippen LogP contribution is 2.28. The number of halogens is 2. The van der Waals surface area contributed by atoms with Gasteiger partial charge >= 0.3 is 6.61 Å². The third-order valence-electron chi connectivity index (χ3n) is 4.16. The summed E-state index contributed by atoms with van der Waals surface area (Å²) >= 11 is 0. The summed E-state index contributed by atoms with van der Waals surface area (Å²) in [6, 6.07) is 12.4. The van der Waals surface area contributed by atoms with Gasteiger partial charge in [0.1, 0.15) is 5.75 Å². The van der Waals surface area contributed by atoms with E-state index < -0.39 is 12.7 Å². The Morgan fingerprint density at radius 3 is 2.25 bits per heavy atom. The second-order valence-corrected chi connectivity index (χ2v) is 6.57. The van der Waals surface area contributed by atoms with Crippen LogP contribution in [0.1, 0.15) is 49.2 Å². The number of carbonyl (C=O) groups excluding carboxylic acids is 2. The highest BCUT2D eigenvalue weighted by Gasteiger charge is 2.19. The van der Waals surface area contributed by atoms with Crippen molar-refractivity contribution in [3.8, 4) is 5.75 Å². The minimum atomic E-state index is -2.94. The Kier molecular flexibility index (Phi) is 7.49. The predicted octanol–water partition coefficient (Wildman–Crippen LogP) is 4.76. The van der Waals surface area contributed by atoms with Crippen LogP contribution in [0.15, 0.2) is 48.5 Å². The van der Waals surface area contributed by atoms with E-state index in [1.807, 2.05) is 6.92 Å². The second-order valence-electron chi connectivity index (χ2n) is 6.57. The molecule has 0 aliphatic carbocycles. The molecule has 5 nitrogen and oxygen atoms in total. The van der Waals surface area contributed by atoms with Gasteiger partial charge in [-0.15, -0.1) is 0 Å². The molecule has 0 aromatic heterocycles. The van der Waals surface area contributed by atoms with E-state index in [0.29, 0.717) is 23.2 Å². The molecular weight excluding hydrogens is 366 g/mol. The fraction of sp³-hybridized carbons (Fsp3) is 0.333. The molecule has 0 heterocycles. The molecule has 0 spiro atoms. The minimum Gasteiger partial charge on any atom is -0.434 e. The van der Waals surface area contributed by atoms with Gasteiger partial charge in [0.05, 0.1) is 6.04 Å². The van der Waals surface area contributed by atoms with Gasteiger partial charge in [0.25, 0.3) is 5.91 Å². The highest BCUT2D eigenvalue weighted by molar-refractivity contribution is 5.96. The number of para-hydroxylation sites is 1. The summed E-state index contributed by atoms with van der Waals surface area (Å²) in [7, 11) is 0. The number of hydrogen-bond acceptors (Lipinski definition) is 3. The Morgan fingerprint density at radius 2 is 1.68 bits per heavy atom. The van der Waals surface area contributed by atoms with Crippen molar-refractivity contribution >= 4 is 17.5 Å². The van der Waals surface area contributed by atoms with Gasteiger partial charge in [0, 0.05) is 22.7 Å². The van der Waals surface area contributed by atoms with E-state index in [1.54, 1.807) is 56.3 Å². The Bertz CT molecular complexity index is 808. The third kappa shape index (κ3) is 5.77. The third-order valence-corrected chi connectivity index (χ3v) is 4.16. The first-order chi connectivity index (χ1) is 13.3. The number of nitrogens with one attached hydrogen (secondary N) is 2. The molecule has 2 rings (SSSR count). The normalized spacial score (nSPS) is 12.0. The number of alkyl halides is 2. The van der Waals surface area contributed by atoms with Gasteiger partial charge in [-0.05, 0) is 36.8 Å². The van der Waals surface area contributed by atoms with Crippen LogP contribution in [0.2, 0.25) is 0 Å². The summed E-state index contributed by atoms with van der Waals surface area (Å²) in [4.78, 5) is 24.3. The topological polar surface area (TPSA) is 67.4 Å². The lowest BCUT2D eigenvalue weighted by Gasteiger charge is -2.20. The average molecular weight is 390 g/mol. The maximum Gasteiger partial charge on any atom is 0.387 e. The Hall–Kier alpha value is -2.96. The van der Waals surface area contributed by atoms with E-state index in [9.17, 15) is 18.4 Å². The lowest BCUT2D eigenvalue weighted by atomic mass is 10.0. The molecule has 0 radical (unpaired) electrons. The summed E-state index contributed by atoms with van der Waals surface area (Å²) < 4.78 is 29.8. The average Bonchev–Trinajstić information content (AvgIpc) is 2.66. The monoisotopic (exact) mass is 390 g/mol. The molecule has 28 heavy (non-hydrogen) atoms. The quantitative estimate of drug-likeness (QED) is 0.683. The minimum absolute atomic E-state index is 0.0383. The molecule has 7 heteroatoms. The zero-order chi connectivity index (χ0) is 20.7. The molecule has 2 N–H and O–H groups in total. The van der Waals surface area contributed by atoms with E-state index in [2.05, 4.69) is 15.4 Å². The van der Waals surface area contributed by atoms with Gasteiger partial charge in [0.15, 0.2) is 0 Å². The van der Waals surface area contributed by atoms with Crippen LogP contribution >= 0.6 is 0 Å². The number of rotatable bonds is 8. The first-order valence-electron chi connectivity index (χ1n) is 9.07. The number of ether oxygens (including phenoxy) is 1. The molecule has 0 aliphatic rings. The Balaban J connectivity index is 2.11. The van der Waals surface area contributed by atoms with E-state index in [-0.39, 0.29) is 23.5 Å². The van der Waals surface area contributed by atoms with Crippen LogP contribution in [0.4, 0.5) is 14.5 Å². The number of hydrogen-bond donors (Lipinski definition) is 2. The van der Waals surface area contributed by atoms with E-state index in [4.69, 9.17) is 0 Å². The van der Waals surface area contributed by atoms with Gasteiger partial charge in [-0.3, -0.25) is 9.59 Å². The maximum absolute atomic E-state index is 12.6. The van der Waals surface area contributed by atoms with Crippen LogP contribution < -0.4 is 15.4 Å². The SMILES string of the molecule is CCC(NC(=O)c1ccc(NC(=O)C(C)C)cc1)c1ccccc1OC(F)F. The van der Waals surface area contributed by atoms with Crippen LogP contribution in [-0.2, 0) is 4.79 Å². The molecule has 0 bridgehead atoms. The van der Waals surface area contributed by atoms with Crippen molar-refractivity contribution in [1.82, 2.24) is 5.32 Å². The van der Waals surface area contributed by atoms with Gasteiger partial charge < -0.3 is 15.4 Å². The first kappa shape index (κ1) is 21.3. The van der Waals surface area contributed by atoms with Crippen molar-refractivity contribution in [3.05, 3.63) is 59.7 Å². The van der Waals surface area contributed by atoms with Gasteiger partial charge in [-0.1, -0.05) is 39.0 Å². The van der Waals surface area contributed by atoms with Gasteiger partial charge in [0.2, 0.25) is 5.91 Å². The summed E-state index contributed by atoms with van der Waals surface area (Å²) in [5.74, 6) is -0.570. The molecule has 1 unspecified atom stereocenters. The zero-order valence-corrected chi connectivity index (χ0v) is 16.0. The standard InChI is InChI=1S/C21H24F2N2O3/c1-4-17(16-7-5-6-8-18(16)28-21(22)23)25-20(27)14-9-11-15(12-10-14)24-19(26)13(2)3/h5-13,17,21H,4H2,1-3H3,(H,24,26)(H,25,27). The molecular formula is C21H24F2N2O3. The molecule has 2 aromatic rings. The smallest absolute Gasteiger partial charge is 0.387 e. The molecule has 0 fully saturated rings. The van der Waals surface area contributed by atoms with Crippen LogP contribution in [0, 0.1) is 5.92 Å². The molecule has 0 saturated carbocycles. The van der Waals surface area contributed by atoms with Crippen molar-refractivity contribution in [2.75, 3.05) is 5.32 Å². The summed E-state index contributed by atoms with van der Waals surface area (Å²) in [5, 5.41) is 5.59. The van der Waals surface area contributed by atoms with Gasteiger partial charge in [-0.25, -0.2) is 0 Å². The molecule has 2 aromatic carbocycles. The highest BCUT2D eigenvalue weighted by atomic mass is 19.3. The van der Waals surface area contributed by atoms with E-state index in [0.717, 1.165) is 0 Å². The summed E-state index contributed by atoms with van der Waals surface area (Å²) in [6.07, 6.45) is 0.498. The van der Waals surface area contributed by atoms with Crippen molar-refractivity contribution in [3.63, 3.8) is 0 Å². The lowest BCUT2D eigenvalue weighted by Crippen LogP contribution is -2.28. The predicted molar refractivity (Wildman–Crippen MR) is 103 cm³/mol. The molecule has 0 saturated heterocycles. The fourth-order valence-electron chi connectivity index (χ4n) is 2.60. The van der Waals surface area contributed by atoms with Crippen LogP contribution in [0.3, 0.4) is 0 Å². The number of benzene rings is 2. The fourth-order valence-corrected chi connectivity index (χ4v) is 2.60. The van der Waals surface area contributed by atoms with E-state index in [1.165, 1.54) is 6.07 Å². The number of anilines is 1. The van der Waals surface area contributed by atoms with Gasteiger partial charge in [-0.2, -0.15) is 8.78 Å². The van der Waals surface area contributed by atoms with Crippen molar-refractivity contribution in [2.45, 2.75) is 39.8 Å². The zero-order valence-electron chi connectivity index (χ0n) is 16.0.